The molecule has 1 atom stereocenters. The summed E-state index contributed by atoms with van der Waals surface area (Å²) in [5, 5.41) is 2.74. The molecule has 2 rings (SSSR count). The summed E-state index contributed by atoms with van der Waals surface area (Å²) in [7, 11) is 0. The number of nitrogens with two attached hydrogens (primary N) is 1. The van der Waals surface area contributed by atoms with Gasteiger partial charge in [0.25, 0.3) is 5.91 Å². The number of nitrogens with one attached hydrogen (secondary N) is 1. The van der Waals surface area contributed by atoms with Crippen LogP contribution in [0.15, 0.2) is 24.3 Å². The van der Waals surface area contributed by atoms with Gasteiger partial charge in [0.05, 0.1) is 26.4 Å². The summed E-state index contributed by atoms with van der Waals surface area (Å²) in [5.41, 5.74) is 6.26. The maximum Gasteiger partial charge on any atom is 0.251 e. The lowest BCUT2D eigenvalue weighted by Gasteiger charge is -2.22. The van der Waals surface area contributed by atoms with E-state index in [0.29, 0.717) is 38.7 Å². The number of carbonyl (C=O) groups is 1. The number of anilines is 1. The van der Waals surface area contributed by atoms with E-state index in [4.69, 9.17) is 19.9 Å². The first-order valence-electron chi connectivity index (χ1n) is 6.21. The molecule has 0 spiro atoms. The molecule has 1 aromatic rings. The molecule has 1 heterocycles. The number of nitrogen functional groups attached to an aromatic ring is 1. The lowest BCUT2D eigenvalue weighted by molar-refractivity contribution is -0.147. The van der Waals surface area contributed by atoms with Crippen LogP contribution in [-0.4, -0.2) is 45.0 Å². The first kappa shape index (κ1) is 13.6. The van der Waals surface area contributed by atoms with Gasteiger partial charge in [0.1, 0.15) is 12.4 Å². The van der Waals surface area contributed by atoms with Crippen LogP contribution in [0.4, 0.5) is 5.69 Å². The summed E-state index contributed by atoms with van der Waals surface area (Å²) in [4.78, 5) is 11.7. The number of amides is 1. The molecule has 104 valence electrons. The molecule has 0 bridgehead atoms. The summed E-state index contributed by atoms with van der Waals surface area (Å²) in [6.07, 6.45) is -0.509. The highest BCUT2D eigenvalue weighted by molar-refractivity contribution is 5.80. The van der Waals surface area contributed by atoms with Gasteiger partial charge < -0.3 is 25.3 Å². The predicted octanol–water partition coefficient (Wildman–Crippen LogP) is 0.179. The van der Waals surface area contributed by atoms with Gasteiger partial charge in [-0.3, -0.25) is 4.79 Å². The zero-order chi connectivity index (χ0) is 13.5. The van der Waals surface area contributed by atoms with E-state index in [1.165, 1.54) is 0 Å². The largest absolute Gasteiger partial charge is 0.492 e. The molecular weight excluding hydrogens is 248 g/mol. The second-order valence-electron chi connectivity index (χ2n) is 4.14. The van der Waals surface area contributed by atoms with Crippen LogP contribution >= 0.6 is 0 Å². The zero-order valence-electron chi connectivity index (χ0n) is 10.6. The summed E-state index contributed by atoms with van der Waals surface area (Å²) < 4.78 is 15.9. The second-order valence-corrected chi connectivity index (χ2v) is 4.14. The third-order valence-corrected chi connectivity index (χ3v) is 2.66. The van der Waals surface area contributed by atoms with Crippen molar-refractivity contribution >= 4 is 11.6 Å². The summed E-state index contributed by atoms with van der Waals surface area (Å²) in [5.74, 6) is 0.557. The van der Waals surface area contributed by atoms with Crippen LogP contribution in [0.5, 0.6) is 5.75 Å². The van der Waals surface area contributed by atoms with Crippen molar-refractivity contribution in [3.05, 3.63) is 24.3 Å². The minimum Gasteiger partial charge on any atom is -0.492 e. The molecule has 1 unspecified atom stereocenters. The van der Waals surface area contributed by atoms with Crippen molar-refractivity contribution in [2.75, 3.05) is 38.7 Å². The quantitative estimate of drug-likeness (QED) is 0.587. The number of hydrogen-bond donors (Lipinski definition) is 2. The normalized spacial score (nSPS) is 18.8. The Bertz CT molecular complexity index is 402. The molecule has 0 radical (unpaired) electrons. The molecule has 1 saturated heterocycles. The van der Waals surface area contributed by atoms with Crippen LogP contribution < -0.4 is 15.8 Å². The zero-order valence-corrected chi connectivity index (χ0v) is 10.6. The molecule has 1 aliphatic heterocycles. The molecular formula is C13H18N2O4. The van der Waals surface area contributed by atoms with Gasteiger partial charge in [-0.1, -0.05) is 0 Å². The van der Waals surface area contributed by atoms with E-state index in [-0.39, 0.29) is 5.91 Å². The van der Waals surface area contributed by atoms with E-state index < -0.39 is 6.10 Å². The fourth-order valence-corrected chi connectivity index (χ4v) is 1.66. The number of carbonyl (C=O) groups excluding carboxylic acids is 1. The Morgan fingerprint density at radius 3 is 2.84 bits per heavy atom. The standard InChI is InChI=1S/C13H18N2O4/c14-10-1-3-11(4-2-10)18-6-5-15-13(16)12-9-17-7-8-19-12/h1-4,12H,5-9,14H2,(H,15,16). The summed E-state index contributed by atoms with van der Waals surface area (Å²) in [6, 6.07) is 7.10. The molecule has 1 aromatic carbocycles. The minimum atomic E-state index is -0.509. The first-order valence-corrected chi connectivity index (χ1v) is 6.21. The van der Waals surface area contributed by atoms with Crippen LogP contribution in [0.1, 0.15) is 0 Å². The Balaban J connectivity index is 1.63. The number of benzene rings is 1. The molecule has 19 heavy (non-hydrogen) atoms. The molecule has 0 aromatic heterocycles. The number of hydrogen-bond acceptors (Lipinski definition) is 5. The number of rotatable bonds is 5. The highest BCUT2D eigenvalue weighted by Crippen LogP contribution is 2.12. The first-order chi connectivity index (χ1) is 9.25. The van der Waals surface area contributed by atoms with Gasteiger partial charge in [0.2, 0.25) is 0 Å². The van der Waals surface area contributed by atoms with Gasteiger partial charge in [0, 0.05) is 5.69 Å². The molecule has 3 N–H and O–H groups in total. The van der Waals surface area contributed by atoms with E-state index in [0.717, 1.165) is 5.75 Å². The number of ether oxygens (including phenoxy) is 3. The molecule has 1 aliphatic rings. The second kappa shape index (κ2) is 6.96. The third-order valence-electron chi connectivity index (χ3n) is 2.66. The lowest BCUT2D eigenvalue weighted by atomic mass is 10.3. The highest BCUT2D eigenvalue weighted by Gasteiger charge is 2.21. The van der Waals surface area contributed by atoms with Gasteiger partial charge >= 0.3 is 0 Å². The van der Waals surface area contributed by atoms with Gasteiger partial charge in [-0.2, -0.15) is 0 Å². The molecule has 6 nitrogen and oxygen atoms in total. The Hall–Kier alpha value is -1.79. The van der Waals surface area contributed by atoms with Crippen molar-refractivity contribution < 1.29 is 19.0 Å². The van der Waals surface area contributed by atoms with Crippen molar-refractivity contribution in [2.24, 2.45) is 0 Å². The van der Waals surface area contributed by atoms with E-state index in [2.05, 4.69) is 5.32 Å². The molecule has 0 saturated carbocycles. The fourth-order valence-electron chi connectivity index (χ4n) is 1.66. The average molecular weight is 266 g/mol. The highest BCUT2D eigenvalue weighted by atomic mass is 16.6. The van der Waals surface area contributed by atoms with Gasteiger partial charge in [-0.05, 0) is 24.3 Å². The van der Waals surface area contributed by atoms with E-state index >= 15 is 0 Å². The summed E-state index contributed by atoms with van der Waals surface area (Å²) >= 11 is 0. The van der Waals surface area contributed by atoms with Crippen molar-refractivity contribution in [1.29, 1.82) is 0 Å². The van der Waals surface area contributed by atoms with Crippen LogP contribution in [-0.2, 0) is 14.3 Å². The van der Waals surface area contributed by atoms with Crippen molar-refractivity contribution in [1.82, 2.24) is 5.32 Å². The average Bonchev–Trinajstić information content (AvgIpc) is 2.46. The summed E-state index contributed by atoms with van der Waals surface area (Å²) in [6.45, 7) is 2.13. The van der Waals surface area contributed by atoms with Gasteiger partial charge in [-0.25, -0.2) is 0 Å². The third kappa shape index (κ3) is 4.42. The SMILES string of the molecule is Nc1ccc(OCCNC(=O)C2COCCO2)cc1. The maximum atomic E-state index is 11.7. The Kier molecular flexibility index (Phi) is 5.00. The van der Waals surface area contributed by atoms with Gasteiger partial charge in [-0.15, -0.1) is 0 Å². The van der Waals surface area contributed by atoms with E-state index in [1.54, 1.807) is 24.3 Å². The Morgan fingerprint density at radius 1 is 1.37 bits per heavy atom. The Labute approximate surface area is 111 Å². The lowest BCUT2D eigenvalue weighted by Crippen LogP contribution is -2.43. The van der Waals surface area contributed by atoms with Crippen LogP contribution in [0, 0.1) is 0 Å². The van der Waals surface area contributed by atoms with E-state index in [1.807, 2.05) is 0 Å². The van der Waals surface area contributed by atoms with Crippen LogP contribution in [0.2, 0.25) is 0 Å². The monoisotopic (exact) mass is 266 g/mol. The molecule has 1 amide bonds. The molecule has 0 aliphatic carbocycles. The minimum absolute atomic E-state index is 0.166. The van der Waals surface area contributed by atoms with Crippen LogP contribution in [0.25, 0.3) is 0 Å². The van der Waals surface area contributed by atoms with E-state index in [9.17, 15) is 4.79 Å². The molecule has 1 fully saturated rings. The maximum absolute atomic E-state index is 11.7. The van der Waals surface area contributed by atoms with Crippen molar-refractivity contribution in [2.45, 2.75) is 6.10 Å². The molecule has 6 heteroatoms. The van der Waals surface area contributed by atoms with Crippen LogP contribution in [0.3, 0.4) is 0 Å². The topological polar surface area (TPSA) is 82.8 Å². The van der Waals surface area contributed by atoms with Crippen molar-refractivity contribution in [3.8, 4) is 5.75 Å². The smallest absolute Gasteiger partial charge is 0.251 e. The Morgan fingerprint density at radius 2 is 2.16 bits per heavy atom. The van der Waals surface area contributed by atoms with Crippen molar-refractivity contribution in [3.63, 3.8) is 0 Å². The predicted molar refractivity (Wildman–Crippen MR) is 69.9 cm³/mol. The van der Waals surface area contributed by atoms with Gasteiger partial charge in [0.15, 0.2) is 6.10 Å². The fraction of sp³-hybridized carbons (Fsp3) is 0.462.